The number of hydrogen-bond acceptors (Lipinski definition) is 4. The molecular weight excluding hydrogens is 329 g/mol. The molecule has 1 N–H and O–H groups in total. The molecule has 0 radical (unpaired) electrons. The lowest BCUT2D eigenvalue weighted by molar-refractivity contribution is 0.449. The maximum absolute atomic E-state index is 13.7. The molecule has 0 bridgehead atoms. The van der Waals surface area contributed by atoms with Crippen molar-refractivity contribution in [2.24, 2.45) is 0 Å². The van der Waals surface area contributed by atoms with E-state index in [9.17, 15) is 13.2 Å². The molecule has 23 heavy (non-hydrogen) atoms. The Bertz CT molecular complexity index is 859. The number of halogens is 4. The topological polar surface area (TPSA) is 50.7 Å². The molecule has 8 heteroatoms. The summed E-state index contributed by atoms with van der Waals surface area (Å²) in [7, 11) is 0. The summed E-state index contributed by atoms with van der Waals surface area (Å²) in [5, 5.41) is 2.64. The molecule has 0 aliphatic heterocycles. The van der Waals surface area contributed by atoms with Crippen LogP contribution in [0.5, 0.6) is 0 Å². The predicted molar refractivity (Wildman–Crippen MR) is 79.9 cm³/mol. The number of nitrogens with one attached hydrogen (secondary N) is 1. The van der Waals surface area contributed by atoms with Crippen molar-refractivity contribution < 1.29 is 13.2 Å². The van der Waals surface area contributed by atoms with Gasteiger partial charge in [0.25, 0.3) is 0 Å². The highest BCUT2D eigenvalue weighted by Crippen LogP contribution is 2.25. The van der Waals surface area contributed by atoms with Crippen LogP contribution >= 0.6 is 11.6 Å². The van der Waals surface area contributed by atoms with Crippen LogP contribution in [0, 0.1) is 17.5 Å². The van der Waals surface area contributed by atoms with Crippen LogP contribution in [-0.4, -0.2) is 15.0 Å². The molecule has 4 nitrogen and oxygen atoms in total. The SMILES string of the molecule is Fc1ccc(Nc2cc(Cl)nc(-c3ccccn3)n2)c(F)c1F. The summed E-state index contributed by atoms with van der Waals surface area (Å²) in [6.45, 7) is 0. The Kier molecular flexibility index (Phi) is 4.12. The van der Waals surface area contributed by atoms with Crippen LogP contribution < -0.4 is 5.32 Å². The van der Waals surface area contributed by atoms with Crippen molar-refractivity contribution in [2.75, 3.05) is 5.32 Å². The molecule has 0 unspecified atom stereocenters. The Morgan fingerprint density at radius 1 is 0.957 bits per heavy atom. The van der Waals surface area contributed by atoms with E-state index in [2.05, 4.69) is 20.3 Å². The zero-order chi connectivity index (χ0) is 16.4. The van der Waals surface area contributed by atoms with Crippen molar-refractivity contribution in [1.82, 2.24) is 15.0 Å². The highest BCUT2D eigenvalue weighted by molar-refractivity contribution is 6.29. The van der Waals surface area contributed by atoms with E-state index < -0.39 is 17.5 Å². The van der Waals surface area contributed by atoms with E-state index in [0.717, 1.165) is 12.1 Å². The van der Waals surface area contributed by atoms with Gasteiger partial charge in [-0.15, -0.1) is 0 Å². The number of hydrogen-bond donors (Lipinski definition) is 1. The number of anilines is 2. The van der Waals surface area contributed by atoms with Gasteiger partial charge in [-0.05, 0) is 24.3 Å². The summed E-state index contributed by atoms with van der Waals surface area (Å²) in [5.41, 5.74) is 0.189. The van der Waals surface area contributed by atoms with E-state index in [1.54, 1.807) is 24.4 Å². The summed E-state index contributed by atoms with van der Waals surface area (Å²) >= 11 is 5.92. The Balaban J connectivity index is 1.98. The molecule has 0 saturated heterocycles. The van der Waals surface area contributed by atoms with E-state index in [0.29, 0.717) is 5.69 Å². The zero-order valence-electron chi connectivity index (χ0n) is 11.4. The highest BCUT2D eigenvalue weighted by atomic mass is 35.5. The fourth-order valence-corrected chi connectivity index (χ4v) is 2.04. The molecule has 3 aromatic rings. The van der Waals surface area contributed by atoms with Crippen molar-refractivity contribution in [3.8, 4) is 11.5 Å². The molecule has 2 heterocycles. The van der Waals surface area contributed by atoms with Gasteiger partial charge in [0.1, 0.15) is 16.7 Å². The van der Waals surface area contributed by atoms with Gasteiger partial charge in [-0.3, -0.25) is 4.98 Å². The summed E-state index contributed by atoms with van der Waals surface area (Å²) in [4.78, 5) is 12.3. The maximum Gasteiger partial charge on any atom is 0.196 e. The van der Waals surface area contributed by atoms with E-state index in [4.69, 9.17) is 11.6 Å². The quantitative estimate of drug-likeness (QED) is 0.570. The van der Waals surface area contributed by atoms with Crippen LogP contribution in [0.2, 0.25) is 5.15 Å². The van der Waals surface area contributed by atoms with E-state index in [1.165, 1.54) is 6.07 Å². The van der Waals surface area contributed by atoms with Gasteiger partial charge in [0, 0.05) is 12.3 Å². The van der Waals surface area contributed by atoms with E-state index in [-0.39, 0.29) is 22.5 Å². The summed E-state index contributed by atoms with van der Waals surface area (Å²) in [5.74, 6) is -3.86. The van der Waals surface area contributed by atoms with E-state index in [1.807, 2.05) is 0 Å². The summed E-state index contributed by atoms with van der Waals surface area (Å²) in [6, 6.07) is 8.34. The normalized spacial score (nSPS) is 10.6. The second kappa shape index (κ2) is 6.21. The van der Waals surface area contributed by atoms with Gasteiger partial charge in [-0.1, -0.05) is 17.7 Å². The molecule has 0 atom stereocenters. The average molecular weight is 337 g/mol. The molecule has 0 saturated carbocycles. The number of rotatable bonds is 3. The second-order valence-electron chi connectivity index (χ2n) is 4.46. The minimum Gasteiger partial charge on any atom is -0.338 e. The van der Waals surface area contributed by atoms with Gasteiger partial charge < -0.3 is 5.32 Å². The molecule has 116 valence electrons. The lowest BCUT2D eigenvalue weighted by Crippen LogP contribution is -2.02. The van der Waals surface area contributed by atoms with Gasteiger partial charge in [-0.2, -0.15) is 0 Å². The maximum atomic E-state index is 13.7. The third-order valence-corrected chi connectivity index (χ3v) is 3.08. The third kappa shape index (κ3) is 3.24. The van der Waals surface area contributed by atoms with Crippen LogP contribution in [-0.2, 0) is 0 Å². The van der Waals surface area contributed by atoms with Crippen molar-refractivity contribution in [3.05, 3.63) is 65.2 Å². The van der Waals surface area contributed by atoms with Gasteiger partial charge in [0.15, 0.2) is 23.3 Å². The van der Waals surface area contributed by atoms with Gasteiger partial charge in [0.2, 0.25) is 0 Å². The molecule has 0 aliphatic carbocycles. The van der Waals surface area contributed by atoms with Crippen LogP contribution in [0.25, 0.3) is 11.5 Å². The second-order valence-corrected chi connectivity index (χ2v) is 4.85. The minimum absolute atomic E-state index is 0.0890. The van der Waals surface area contributed by atoms with Gasteiger partial charge in [-0.25, -0.2) is 23.1 Å². The molecule has 0 aliphatic rings. The number of benzene rings is 1. The molecule has 0 fully saturated rings. The Labute approximate surface area is 134 Å². The van der Waals surface area contributed by atoms with Crippen LogP contribution in [0.15, 0.2) is 42.6 Å². The van der Waals surface area contributed by atoms with Gasteiger partial charge >= 0.3 is 0 Å². The van der Waals surface area contributed by atoms with Crippen LogP contribution in [0.4, 0.5) is 24.7 Å². The molecule has 0 amide bonds. The van der Waals surface area contributed by atoms with Crippen molar-refractivity contribution >= 4 is 23.1 Å². The number of pyridine rings is 1. The van der Waals surface area contributed by atoms with Crippen molar-refractivity contribution in [3.63, 3.8) is 0 Å². The summed E-state index contributed by atoms with van der Waals surface area (Å²) in [6.07, 6.45) is 1.56. The largest absolute Gasteiger partial charge is 0.338 e. The van der Waals surface area contributed by atoms with Crippen LogP contribution in [0.1, 0.15) is 0 Å². The van der Waals surface area contributed by atoms with Crippen LogP contribution in [0.3, 0.4) is 0 Å². The van der Waals surface area contributed by atoms with E-state index >= 15 is 0 Å². The average Bonchev–Trinajstić information content (AvgIpc) is 2.56. The third-order valence-electron chi connectivity index (χ3n) is 2.89. The number of nitrogens with zero attached hydrogens (tertiary/aromatic N) is 3. The first kappa shape index (κ1) is 15.2. The highest BCUT2D eigenvalue weighted by Gasteiger charge is 2.15. The standard InChI is InChI=1S/C15H8ClF3N4/c16-11-7-12(21-9-5-4-8(17)13(18)14(9)19)23-15(22-11)10-3-1-2-6-20-10/h1-7H,(H,21,22,23). The fraction of sp³-hybridized carbons (Fsp3) is 0. The van der Waals surface area contributed by atoms with Crippen molar-refractivity contribution in [1.29, 1.82) is 0 Å². The van der Waals surface area contributed by atoms with Crippen molar-refractivity contribution in [2.45, 2.75) is 0 Å². The fourth-order valence-electron chi connectivity index (χ4n) is 1.85. The molecule has 0 spiro atoms. The lowest BCUT2D eigenvalue weighted by atomic mass is 10.2. The summed E-state index contributed by atoms with van der Waals surface area (Å²) < 4.78 is 39.9. The molecule has 3 rings (SSSR count). The molecular formula is C15H8ClF3N4. The Morgan fingerprint density at radius 3 is 2.52 bits per heavy atom. The number of aromatic nitrogens is 3. The first-order chi connectivity index (χ1) is 11.0. The monoisotopic (exact) mass is 336 g/mol. The zero-order valence-corrected chi connectivity index (χ0v) is 12.2. The first-order valence-electron chi connectivity index (χ1n) is 6.41. The smallest absolute Gasteiger partial charge is 0.196 e. The first-order valence-corrected chi connectivity index (χ1v) is 6.79. The molecule has 1 aromatic carbocycles. The predicted octanol–water partition coefficient (Wildman–Crippen LogP) is 4.35. The lowest BCUT2D eigenvalue weighted by Gasteiger charge is -2.09. The Morgan fingerprint density at radius 2 is 1.78 bits per heavy atom. The Hall–Kier alpha value is -2.67. The van der Waals surface area contributed by atoms with Gasteiger partial charge in [0.05, 0.1) is 5.69 Å². The minimum atomic E-state index is -1.57. The molecule has 2 aromatic heterocycles.